The van der Waals surface area contributed by atoms with Crippen LogP contribution in [0.4, 0.5) is 0 Å². The lowest BCUT2D eigenvalue weighted by atomic mass is 9.97. The van der Waals surface area contributed by atoms with Gasteiger partial charge in [-0.05, 0) is 42.7 Å². The normalized spacial score (nSPS) is 11.1. The smallest absolute Gasteiger partial charge is 0.249 e. The van der Waals surface area contributed by atoms with Crippen LogP contribution in [0.2, 0.25) is 0 Å². The third kappa shape index (κ3) is 2.33. The van der Waals surface area contributed by atoms with Gasteiger partial charge in [-0.25, -0.2) is 0 Å². The molecule has 0 bridgehead atoms. The van der Waals surface area contributed by atoms with Gasteiger partial charge in [0.1, 0.15) is 5.76 Å². The van der Waals surface area contributed by atoms with Gasteiger partial charge in [-0.3, -0.25) is 4.79 Å². The van der Waals surface area contributed by atoms with Crippen molar-refractivity contribution >= 4 is 10.9 Å². The van der Waals surface area contributed by atoms with Crippen molar-refractivity contribution in [1.82, 2.24) is 10.1 Å². The maximum Gasteiger partial charge on any atom is 0.249 e. The molecule has 0 aliphatic heterocycles. The minimum absolute atomic E-state index is 0.105. The van der Waals surface area contributed by atoms with Crippen molar-refractivity contribution < 1.29 is 4.52 Å². The molecule has 2 aromatic carbocycles. The fourth-order valence-electron chi connectivity index (χ4n) is 3.16. The summed E-state index contributed by atoms with van der Waals surface area (Å²) in [7, 11) is 0. The molecule has 118 valence electrons. The van der Waals surface area contributed by atoms with Gasteiger partial charge in [0.2, 0.25) is 5.56 Å². The third-order valence-corrected chi connectivity index (χ3v) is 4.25. The van der Waals surface area contributed by atoms with Gasteiger partial charge < -0.3 is 9.51 Å². The molecule has 4 heteroatoms. The molecule has 0 saturated carbocycles. The van der Waals surface area contributed by atoms with Crippen LogP contribution in [0, 0.1) is 13.8 Å². The maximum absolute atomic E-state index is 12.0. The Morgan fingerprint density at radius 3 is 2.46 bits per heavy atom. The summed E-state index contributed by atoms with van der Waals surface area (Å²) < 4.78 is 5.29. The highest BCUT2D eigenvalue weighted by molar-refractivity contribution is 5.97. The average molecular weight is 316 g/mol. The number of pyridine rings is 1. The van der Waals surface area contributed by atoms with Crippen LogP contribution in [0.15, 0.2) is 63.9 Å². The Hall–Kier alpha value is -3.14. The number of H-pyrrole nitrogens is 1. The van der Waals surface area contributed by atoms with Crippen LogP contribution < -0.4 is 5.56 Å². The number of aromatic nitrogens is 2. The number of rotatable bonds is 2. The summed E-state index contributed by atoms with van der Waals surface area (Å²) in [5.74, 6) is 0.789. The van der Waals surface area contributed by atoms with Crippen LogP contribution in [0.3, 0.4) is 0 Å². The first-order chi connectivity index (χ1) is 11.6. The molecule has 0 saturated heterocycles. The molecule has 0 aliphatic carbocycles. The van der Waals surface area contributed by atoms with E-state index in [9.17, 15) is 4.79 Å². The highest BCUT2D eigenvalue weighted by Gasteiger charge is 2.13. The van der Waals surface area contributed by atoms with E-state index in [-0.39, 0.29) is 5.56 Å². The molecule has 4 aromatic rings. The topological polar surface area (TPSA) is 58.9 Å². The SMILES string of the molecule is Cc1noc(C)c1-c1ccc2[nH]c(=O)cc(-c3ccccc3)c2c1. The zero-order valence-corrected chi connectivity index (χ0v) is 13.5. The Labute approximate surface area is 138 Å². The van der Waals surface area contributed by atoms with Crippen molar-refractivity contribution in [3.8, 4) is 22.3 Å². The summed E-state index contributed by atoms with van der Waals surface area (Å²) in [6.07, 6.45) is 0. The fraction of sp³-hybridized carbons (Fsp3) is 0.100. The van der Waals surface area contributed by atoms with Crippen molar-refractivity contribution in [2.75, 3.05) is 0 Å². The third-order valence-electron chi connectivity index (χ3n) is 4.25. The number of aromatic amines is 1. The molecule has 0 radical (unpaired) electrons. The average Bonchev–Trinajstić information content (AvgIpc) is 2.93. The second-order valence-electron chi connectivity index (χ2n) is 5.87. The van der Waals surface area contributed by atoms with E-state index < -0.39 is 0 Å². The van der Waals surface area contributed by atoms with Crippen molar-refractivity contribution in [1.29, 1.82) is 0 Å². The van der Waals surface area contributed by atoms with Gasteiger partial charge in [-0.2, -0.15) is 0 Å². The van der Waals surface area contributed by atoms with E-state index in [0.29, 0.717) is 0 Å². The Bertz CT molecular complexity index is 1070. The Morgan fingerprint density at radius 2 is 1.75 bits per heavy atom. The monoisotopic (exact) mass is 316 g/mol. The molecule has 2 heterocycles. The van der Waals surface area contributed by atoms with Crippen molar-refractivity contribution in [2.24, 2.45) is 0 Å². The van der Waals surface area contributed by atoms with E-state index in [2.05, 4.69) is 16.2 Å². The zero-order chi connectivity index (χ0) is 16.7. The lowest BCUT2D eigenvalue weighted by molar-refractivity contribution is 0.393. The number of hydrogen-bond acceptors (Lipinski definition) is 3. The summed E-state index contributed by atoms with van der Waals surface area (Å²) in [5, 5.41) is 5.03. The summed E-state index contributed by atoms with van der Waals surface area (Å²) in [5.41, 5.74) is 5.54. The van der Waals surface area contributed by atoms with Crippen LogP contribution >= 0.6 is 0 Å². The molecule has 1 N–H and O–H groups in total. The number of aryl methyl sites for hydroxylation is 2. The van der Waals surface area contributed by atoms with Crippen molar-refractivity contribution in [2.45, 2.75) is 13.8 Å². The number of nitrogens with one attached hydrogen (secondary N) is 1. The fourth-order valence-corrected chi connectivity index (χ4v) is 3.16. The summed E-state index contributed by atoms with van der Waals surface area (Å²) in [4.78, 5) is 14.9. The minimum Gasteiger partial charge on any atom is -0.361 e. The zero-order valence-electron chi connectivity index (χ0n) is 13.5. The molecule has 0 aliphatic rings. The Balaban J connectivity index is 2.03. The first kappa shape index (κ1) is 14.5. The summed E-state index contributed by atoms with van der Waals surface area (Å²) in [6, 6.07) is 17.6. The predicted octanol–water partition coefficient (Wildman–Crippen LogP) is 4.47. The van der Waals surface area contributed by atoms with Gasteiger partial charge in [0.05, 0.1) is 5.69 Å². The van der Waals surface area contributed by atoms with Crippen LogP contribution in [0.1, 0.15) is 11.5 Å². The maximum atomic E-state index is 12.0. The Kier molecular flexibility index (Phi) is 3.31. The van der Waals surface area contributed by atoms with Crippen LogP contribution in [-0.4, -0.2) is 10.1 Å². The molecule has 0 fully saturated rings. The minimum atomic E-state index is -0.105. The second-order valence-corrected chi connectivity index (χ2v) is 5.87. The van der Waals surface area contributed by atoms with Crippen LogP contribution in [-0.2, 0) is 0 Å². The first-order valence-corrected chi connectivity index (χ1v) is 7.79. The first-order valence-electron chi connectivity index (χ1n) is 7.79. The van der Waals surface area contributed by atoms with Gasteiger partial charge >= 0.3 is 0 Å². The van der Waals surface area contributed by atoms with E-state index in [4.69, 9.17) is 4.52 Å². The van der Waals surface area contributed by atoms with Gasteiger partial charge in [0.25, 0.3) is 0 Å². The van der Waals surface area contributed by atoms with Crippen LogP contribution in [0.25, 0.3) is 33.2 Å². The number of benzene rings is 2. The lowest BCUT2D eigenvalue weighted by Gasteiger charge is -2.09. The van der Waals surface area contributed by atoms with Gasteiger partial charge in [-0.1, -0.05) is 41.6 Å². The molecule has 4 rings (SSSR count). The van der Waals surface area contributed by atoms with E-state index >= 15 is 0 Å². The predicted molar refractivity (Wildman–Crippen MR) is 95.0 cm³/mol. The number of hydrogen-bond donors (Lipinski definition) is 1. The van der Waals surface area contributed by atoms with E-state index in [0.717, 1.165) is 44.6 Å². The van der Waals surface area contributed by atoms with Gasteiger partial charge in [0, 0.05) is 22.5 Å². The summed E-state index contributed by atoms with van der Waals surface area (Å²) in [6.45, 7) is 3.84. The highest BCUT2D eigenvalue weighted by Crippen LogP contribution is 2.32. The largest absolute Gasteiger partial charge is 0.361 e. The number of fused-ring (bicyclic) bond motifs is 1. The molecule has 24 heavy (non-hydrogen) atoms. The van der Waals surface area contributed by atoms with Crippen molar-refractivity contribution in [3.05, 3.63) is 76.4 Å². The molecule has 2 aromatic heterocycles. The molecular weight excluding hydrogens is 300 g/mol. The van der Waals surface area contributed by atoms with E-state index in [1.165, 1.54) is 0 Å². The number of nitrogens with zero attached hydrogens (tertiary/aromatic N) is 1. The highest BCUT2D eigenvalue weighted by atomic mass is 16.5. The molecule has 0 amide bonds. The molecule has 0 atom stereocenters. The quantitative estimate of drug-likeness (QED) is 0.593. The molecule has 0 spiro atoms. The second kappa shape index (κ2) is 5.49. The molecule has 0 unspecified atom stereocenters. The van der Waals surface area contributed by atoms with E-state index in [1.54, 1.807) is 6.07 Å². The van der Waals surface area contributed by atoms with Crippen molar-refractivity contribution in [3.63, 3.8) is 0 Å². The van der Waals surface area contributed by atoms with Crippen LogP contribution in [0.5, 0.6) is 0 Å². The molecule has 4 nitrogen and oxygen atoms in total. The van der Waals surface area contributed by atoms with E-state index in [1.807, 2.05) is 56.3 Å². The standard InChI is InChI=1S/C20H16N2O2/c1-12-20(13(2)24-22-12)15-8-9-18-17(10-15)16(11-19(23)21-18)14-6-4-3-5-7-14/h3-11H,1-2H3,(H,21,23). The lowest BCUT2D eigenvalue weighted by Crippen LogP contribution is -2.04. The molecular formula is C20H16N2O2. The van der Waals surface area contributed by atoms with Gasteiger partial charge in [0.15, 0.2) is 0 Å². The van der Waals surface area contributed by atoms with Gasteiger partial charge in [-0.15, -0.1) is 0 Å². The summed E-state index contributed by atoms with van der Waals surface area (Å²) >= 11 is 0. The Morgan fingerprint density at radius 1 is 0.958 bits per heavy atom.